The molecule has 0 aromatic heterocycles. The molecule has 0 saturated carbocycles. The fraction of sp³-hybridized carbons (Fsp3) is 0.355. The van der Waals surface area contributed by atoms with Gasteiger partial charge in [-0.15, -0.1) is 0 Å². The smallest absolute Gasteiger partial charge is 0.416 e. The number of nitrogens with one attached hydrogen (secondary N) is 1. The Morgan fingerprint density at radius 3 is 2.16 bits per heavy atom. The molecule has 0 radical (unpaired) electrons. The molecule has 1 N–H and O–H groups in total. The molecule has 0 heterocycles. The first-order valence-corrected chi connectivity index (χ1v) is 15.7. The van der Waals surface area contributed by atoms with Gasteiger partial charge in [0.2, 0.25) is 21.8 Å². The zero-order chi connectivity index (χ0) is 32.9. The van der Waals surface area contributed by atoms with Gasteiger partial charge in [0.1, 0.15) is 18.3 Å². The maximum absolute atomic E-state index is 14.2. The van der Waals surface area contributed by atoms with E-state index in [9.17, 15) is 31.2 Å². The van der Waals surface area contributed by atoms with E-state index in [0.717, 1.165) is 24.0 Å². The molecule has 44 heavy (non-hydrogen) atoms. The molecule has 0 aliphatic carbocycles. The first-order valence-electron chi connectivity index (χ1n) is 13.5. The van der Waals surface area contributed by atoms with E-state index >= 15 is 0 Å². The van der Waals surface area contributed by atoms with Crippen molar-refractivity contribution in [3.63, 3.8) is 0 Å². The summed E-state index contributed by atoms with van der Waals surface area (Å²) in [7, 11) is -2.86. The lowest BCUT2D eigenvalue weighted by Gasteiger charge is -2.35. The molecule has 0 saturated heterocycles. The monoisotopic (exact) mass is 653 g/mol. The third-order valence-corrected chi connectivity index (χ3v) is 7.92. The number of sulfonamides is 1. The van der Waals surface area contributed by atoms with Gasteiger partial charge in [0.05, 0.1) is 29.6 Å². The van der Waals surface area contributed by atoms with Crippen LogP contribution < -0.4 is 14.4 Å². The van der Waals surface area contributed by atoms with Gasteiger partial charge in [0.25, 0.3) is 0 Å². The van der Waals surface area contributed by atoms with Gasteiger partial charge < -0.3 is 15.0 Å². The summed E-state index contributed by atoms with van der Waals surface area (Å²) < 4.78 is 72.4. The maximum Gasteiger partial charge on any atom is 0.416 e. The molecule has 13 heteroatoms. The second kappa shape index (κ2) is 13.9. The Morgan fingerprint density at radius 1 is 0.955 bits per heavy atom. The SMILES string of the molecule is COc1cccc(CN(C(=O)CN(c2cc(C(F)(F)F)ccc2Cl)S(C)(=O)=O)[C@@H](Cc2ccccc2)C(=O)NC(C)(C)C)c1. The van der Waals surface area contributed by atoms with Crippen LogP contribution in [0.4, 0.5) is 18.9 Å². The van der Waals surface area contributed by atoms with E-state index in [4.69, 9.17) is 16.3 Å². The van der Waals surface area contributed by atoms with Crippen molar-refractivity contribution in [2.24, 2.45) is 0 Å². The number of anilines is 1. The van der Waals surface area contributed by atoms with Crippen LogP contribution in [0.15, 0.2) is 72.8 Å². The largest absolute Gasteiger partial charge is 0.497 e. The number of rotatable bonds is 11. The van der Waals surface area contributed by atoms with Crippen molar-refractivity contribution in [3.05, 3.63) is 94.5 Å². The van der Waals surface area contributed by atoms with Crippen LogP contribution >= 0.6 is 11.6 Å². The minimum Gasteiger partial charge on any atom is -0.497 e. The summed E-state index contributed by atoms with van der Waals surface area (Å²) in [6.07, 6.45) is -3.96. The van der Waals surface area contributed by atoms with Gasteiger partial charge in [-0.1, -0.05) is 54.1 Å². The first kappa shape index (κ1) is 34.7. The van der Waals surface area contributed by atoms with Gasteiger partial charge in [0.15, 0.2) is 0 Å². The third kappa shape index (κ3) is 9.62. The first-order chi connectivity index (χ1) is 20.4. The van der Waals surface area contributed by atoms with Crippen LogP contribution in [-0.2, 0) is 38.8 Å². The van der Waals surface area contributed by atoms with Gasteiger partial charge in [-0.3, -0.25) is 13.9 Å². The Balaban J connectivity index is 2.15. The summed E-state index contributed by atoms with van der Waals surface area (Å²) in [6, 6.07) is 16.8. The lowest BCUT2D eigenvalue weighted by Crippen LogP contribution is -2.56. The van der Waals surface area contributed by atoms with E-state index in [1.54, 1.807) is 75.4 Å². The molecule has 0 fully saturated rings. The van der Waals surface area contributed by atoms with Crippen LogP contribution in [0, 0.1) is 0 Å². The highest BCUT2D eigenvalue weighted by molar-refractivity contribution is 7.92. The molecule has 2 amide bonds. The lowest BCUT2D eigenvalue weighted by molar-refractivity contribution is -0.140. The fourth-order valence-corrected chi connectivity index (χ4v) is 5.57. The Kier molecular flexibility index (Phi) is 11.0. The summed E-state index contributed by atoms with van der Waals surface area (Å²) >= 11 is 6.19. The molecule has 3 aromatic rings. The molecule has 0 aliphatic heterocycles. The quantitative estimate of drug-likeness (QED) is 0.287. The van der Waals surface area contributed by atoms with Gasteiger partial charge in [-0.25, -0.2) is 8.42 Å². The Morgan fingerprint density at radius 2 is 1.59 bits per heavy atom. The topological polar surface area (TPSA) is 96.0 Å². The number of hydrogen-bond donors (Lipinski definition) is 1. The van der Waals surface area contributed by atoms with E-state index in [1.807, 2.05) is 0 Å². The summed E-state index contributed by atoms with van der Waals surface area (Å²) in [5.74, 6) is -0.848. The normalized spacial score (nSPS) is 12.8. The molecule has 0 unspecified atom stereocenters. The van der Waals surface area contributed by atoms with Crippen molar-refractivity contribution >= 4 is 39.1 Å². The zero-order valence-corrected chi connectivity index (χ0v) is 26.6. The molecule has 8 nitrogen and oxygen atoms in total. The molecular formula is C31H35ClF3N3O5S. The van der Waals surface area contributed by atoms with Crippen molar-refractivity contribution in [2.45, 2.75) is 51.5 Å². The number of halogens is 4. The van der Waals surface area contributed by atoms with Crippen molar-refractivity contribution < 1.29 is 35.9 Å². The number of hydrogen-bond acceptors (Lipinski definition) is 5. The maximum atomic E-state index is 14.2. The molecular weight excluding hydrogens is 619 g/mol. The highest BCUT2D eigenvalue weighted by atomic mass is 35.5. The number of carbonyl (C=O) groups is 2. The van der Waals surface area contributed by atoms with Gasteiger partial charge >= 0.3 is 6.18 Å². The lowest BCUT2D eigenvalue weighted by atomic mass is 10.0. The molecule has 0 aliphatic rings. The molecule has 238 valence electrons. The van der Waals surface area contributed by atoms with Crippen LogP contribution in [0.5, 0.6) is 5.75 Å². The average molecular weight is 654 g/mol. The number of carbonyl (C=O) groups excluding carboxylic acids is 2. The van der Waals surface area contributed by atoms with Gasteiger partial charge in [-0.2, -0.15) is 13.2 Å². The van der Waals surface area contributed by atoms with E-state index < -0.39 is 57.4 Å². The van der Waals surface area contributed by atoms with E-state index in [0.29, 0.717) is 21.7 Å². The fourth-order valence-electron chi connectivity index (χ4n) is 4.45. The van der Waals surface area contributed by atoms with Crippen molar-refractivity contribution in [3.8, 4) is 5.75 Å². The number of nitrogens with zero attached hydrogens (tertiary/aromatic N) is 2. The van der Waals surface area contributed by atoms with Crippen LogP contribution in [0.2, 0.25) is 5.02 Å². The van der Waals surface area contributed by atoms with Crippen LogP contribution in [0.3, 0.4) is 0 Å². The van der Waals surface area contributed by atoms with E-state index in [2.05, 4.69) is 5.32 Å². The van der Waals surface area contributed by atoms with E-state index in [-0.39, 0.29) is 18.0 Å². The number of alkyl halides is 3. The predicted molar refractivity (Wildman–Crippen MR) is 164 cm³/mol. The summed E-state index contributed by atoms with van der Waals surface area (Å²) in [5.41, 5.74) is -1.04. The predicted octanol–water partition coefficient (Wildman–Crippen LogP) is 5.69. The molecule has 1 atom stereocenters. The molecule has 3 aromatic carbocycles. The minimum atomic E-state index is -4.79. The molecule has 0 spiro atoms. The van der Waals surface area contributed by atoms with Gasteiger partial charge in [-0.05, 0) is 62.2 Å². The Bertz CT molecular complexity index is 1580. The number of benzene rings is 3. The highest BCUT2D eigenvalue weighted by Crippen LogP contribution is 2.36. The van der Waals surface area contributed by atoms with Gasteiger partial charge in [0, 0.05) is 18.5 Å². The van der Waals surface area contributed by atoms with Crippen LogP contribution in [-0.4, -0.2) is 56.6 Å². The summed E-state index contributed by atoms with van der Waals surface area (Å²) in [6.45, 7) is 4.27. The Labute approximate surface area is 260 Å². The second-order valence-corrected chi connectivity index (χ2v) is 13.6. The number of ether oxygens (including phenoxy) is 1. The summed E-state index contributed by atoms with van der Waals surface area (Å²) in [5, 5.41) is 2.59. The minimum absolute atomic E-state index is 0.0711. The molecule has 0 bridgehead atoms. The Hall–Kier alpha value is -3.77. The second-order valence-electron chi connectivity index (χ2n) is 11.3. The summed E-state index contributed by atoms with van der Waals surface area (Å²) in [4.78, 5) is 29.2. The zero-order valence-electron chi connectivity index (χ0n) is 25.0. The molecule has 3 rings (SSSR count). The van der Waals surface area contributed by atoms with Crippen LogP contribution in [0.25, 0.3) is 0 Å². The average Bonchev–Trinajstić information content (AvgIpc) is 2.92. The standard InChI is InChI=1S/C31H35ClF3N3O5S/c1-30(2,3)36-29(40)27(17-21-10-7-6-8-11-21)37(19-22-12-9-13-24(16-22)43-4)28(39)20-38(44(5,41)42)26-18-23(31(33,34)35)14-15-25(26)32/h6-16,18,27H,17,19-20H2,1-5H3,(H,36,40)/t27-/m0/s1. The van der Waals surface area contributed by atoms with E-state index in [1.165, 1.54) is 12.0 Å². The number of amides is 2. The van der Waals surface area contributed by atoms with Crippen molar-refractivity contribution in [1.82, 2.24) is 10.2 Å². The van der Waals surface area contributed by atoms with Crippen LogP contribution in [0.1, 0.15) is 37.5 Å². The third-order valence-electron chi connectivity index (χ3n) is 6.48. The number of methoxy groups -OCH3 is 1. The highest BCUT2D eigenvalue weighted by Gasteiger charge is 2.36. The van der Waals surface area contributed by atoms with Crippen molar-refractivity contribution in [2.75, 3.05) is 24.2 Å². The van der Waals surface area contributed by atoms with Crippen molar-refractivity contribution in [1.29, 1.82) is 0 Å².